The maximum Gasteiger partial charge on any atom is 0.412 e. The number of carbonyl (C=O) groups excluding carboxylic acids is 2. The Balaban J connectivity index is 0.978. The van der Waals surface area contributed by atoms with Crippen molar-refractivity contribution in [1.82, 2.24) is 34.1 Å². The lowest BCUT2D eigenvalue weighted by Crippen LogP contribution is -2.48. The molecule has 18 nitrogen and oxygen atoms in total. The average Bonchev–Trinajstić information content (AvgIpc) is 3.64. The molecule has 0 bridgehead atoms. The van der Waals surface area contributed by atoms with E-state index in [-0.39, 0.29) is 65.8 Å². The summed E-state index contributed by atoms with van der Waals surface area (Å²) in [4.78, 5) is 57.2. The summed E-state index contributed by atoms with van der Waals surface area (Å²) in [5, 5.41) is 48.2. The zero-order valence-electron chi connectivity index (χ0n) is 30.1. The van der Waals surface area contributed by atoms with Crippen LogP contribution in [0.25, 0.3) is 17.1 Å². The van der Waals surface area contributed by atoms with Crippen LogP contribution in [0.2, 0.25) is 0 Å². The first-order chi connectivity index (χ1) is 26.6. The van der Waals surface area contributed by atoms with Gasteiger partial charge in [-0.05, 0) is 35.7 Å². The number of piperazine rings is 1. The van der Waals surface area contributed by atoms with Gasteiger partial charge in [0.05, 0.1) is 24.3 Å². The molecule has 0 unspecified atom stereocenters. The molecule has 2 aliphatic rings. The van der Waals surface area contributed by atoms with Crippen LogP contribution in [0.4, 0.5) is 23.8 Å². The van der Waals surface area contributed by atoms with Crippen LogP contribution in [0, 0.1) is 5.82 Å². The fraction of sp³-hybridized carbons (Fsp3) is 0.429. The summed E-state index contributed by atoms with van der Waals surface area (Å²) in [5.41, 5.74) is -0.703. The van der Waals surface area contributed by atoms with E-state index in [0.29, 0.717) is 41.9 Å². The Hall–Kier alpha value is -5.77. The van der Waals surface area contributed by atoms with Crippen LogP contribution in [0.3, 0.4) is 0 Å². The van der Waals surface area contributed by atoms with Gasteiger partial charge in [0.2, 0.25) is 12.1 Å². The molecule has 2 amide bonds. The van der Waals surface area contributed by atoms with E-state index >= 15 is 4.39 Å². The molecule has 6 N–H and O–H groups in total. The number of nitrogens with one attached hydrogen (secondary N) is 2. The molecule has 2 aromatic carbocycles. The molecule has 2 fully saturated rings. The Morgan fingerprint density at radius 2 is 1.82 bits per heavy atom. The zero-order valence-corrected chi connectivity index (χ0v) is 30.1. The van der Waals surface area contributed by atoms with Gasteiger partial charge in [0.25, 0.3) is 0 Å². The smallest absolute Gasteiger partial charge is 0.412 e. The van der Waals surface area contributed by atoms with E-state index in [1.54, 1.807) is 11.0 Å². The SMILES string of the molecule is CC(C)c1cc(-c2n[nH]c(=O)n2-c2ccc(CN3CCN(C(=O)CCOC(=O)Nc4ccn([C@@H]5O[C@H](CO)[C@@H](O)C5(F)F)c(=O)n4)CC3)c(F)c2)c(O)cc1O. The van der Waals surface area contributed by atoms with E-state index in [0.717, 1.165) is 22.9 Å². The fourth-order valence-electron chi connectivity index (χ4n) is 6.46. The number of phenolic OH excluding ortho intramolecular Hbond substituents is 2. The predicted molar refractivity (Wildman–Crippen MR) is 189 cm³/mol. The summed E-state index contributed by atoms with van der Waals surface area (Å²) in [7, 11) is 0. The molecule has 56 heavy (non-hydrogen) atoms. The second-order valence-corrected chi connectivity index (χ2v) is 13.5. The number of aromatic hydroxyl groups is 2. The van der Waals surface area contributed by atoms with Crippen molar-refractivity contribution in [2.45, 2.75) is 57.1 Å². The van der Waals surface area contributed by atoms with Crippen LogP contribution in [-0.2, 0) is 20.8 Å². The molecule has 0 radical (unpaired) electrons. The molecule has 4 heterocycles. The van der Waals surface area contributed by atoms with Gasteiger partial charge in [-0.1, -0.05) is 19.9 Å². The van der Waals surface area contributed by atoms with Crippen molar-refractivity contribution in [3.05, 3.63) is 80.5 Å². The minimum atomic E-state index is -3.91. The van der Waals surface area contributed by atoms with Crippen molar-refractivity contribution < 1.29 is 52.7 Å². The molecular weight excluding hydrogens is 749 g/mol. The van der Waals surface area contributed by atoms with E-state index in [2.05, 4.69) is 20.5 Å². The topological polar surface area (TPSA) is 238 Å². The molecule has 300 valence electrons. The van der Waals surface area contributed by atoms with Crippen molar-refractivity contribution in [2.75, 3.05) is 44.7 Å². The first-order valence-electron chi connectivity index (χ1n) is 17.5. The number of hydrogen-bond acceptors (Lipinski definition) is 13. The highest BCUT2D eigenvalue weighted by molar-refractivity contribution is 5.83. The lowest BCUT2D eigenvalue weighted by atomic mass is 9.98. The summed E-state index contributed by atoms with van der Waals surface area (Å²) in [6.45, 7) is 4.12. The standard InChI is InChI=1S/C35H39F3N8O10/c1-18(2)21-14-22(25(49)15-24(21)48)30-41-42-33(53)46(30)20-4-3-19(23(36)13-20)16-43-8-10-44(11-9-43)28(50)6-12-55-34(54)40-27-5-7-45(32(52)39-27)31-35(37,38)29(51)26(17-47)56-31/h3-5,7,13-15,18,26,29,31,47-49,51H,6,8-12,16-17H2,1-2H3,(H,42,53)(H,39,40,52,54)/t26-,29-,31-/m1/s1. The highest BCUT2D eigenvalue weighted by Crippen LogP contribution is 2.42. The maximum absolute atomic E-state index is 15.4. The van der Waals surface area contributed by atoms with Gasteiger partial charge in [0.1, 0.15) is 35.8 Å². The normalized spacial score (nSPS) is 19.7. The number of nitrogens with zero attached hydrogens (tertiary/aromatic N) is 6. The van der Waals surface area contributed by atoms with Crippen molar-refractivity contribution >= 4 is 17.8 Å². The van der Waals surface area contributed by atoms with E-state index in [1.807, 2.05) is 18.7 Å². The maximum atomic E-state index is 15.4. The number of alkyl halides is 2. The van der Waals surface area contributed by atoms with Gasteiger partial charge in [0, 0.05) is 50.6 Å². The quantitative estimate of drug-likeness (QED) is 0.127. The Labute approximate surface area is 315 Å². The summed E-state index contributed by atoms with van der Waals surface area (Å²) in [6, 6.07) is 7.98. The van der Waals surface area contributed by atoms with Crippen molar-refractivity contribution in [1.29, 1.82) is 0 Å². The predicted octanol–water partition coefficient (Wildman–Crippen LogP) is 1.63. The Morgan fingerprint density at radius 3 is 2.46 bits per heavy atom. The van der Waals surface area contributed by atoms with Crippen LogP contribution < -0.4 is 16.7 Å². The van der Waals surface area contributed by atoms with Gasteiger partial charge in [-0.2, -0.15) is 18.9 Å². The number of aliphatic hydroxyl groups excluding tert-OH is 2. The molecule has 4 aromatic rings. The molecule has 21 heteroatoms. The number of amides is 2. The minimum absolute atomic E-state index is 0.0284. The second kappa shape index (κ2) is 16.1. The third kappa shape index (κ3) is 8.10. The highest BCUT2D eigenvalue weighted by atomic mass is 19.3. The first kappa shape index (κ1) is 39.9. The molecule has 6 rings (SSSR count). The van der Waals surface area contributed by atoms with Gasteiger partial charge in [-0.25, -0.2) is 28.4 Å². The highest BCUT2D eigenvalue weighted by Gasteiger charge is 2.59. The Kier molecular flexibility index (Phi) is 11.5. The summed E-state index contributed by atoms with van der Waals surface area (Å²) in [5.74, 6) is -5.64. The average molecular weight is 789 g/mol. The van der Waals surface area contributed by atoms with Gasteiger partial charge in [-0.15, -0.1) is 0 Å². The second-order valence-electron chi connectivity index (χ2n) is 13.5. The number of anilines is 1. The van der Waals surface area contributed by atoms with Crippen LogP contribution >= 0.6 is 0 Å². The lowest BCUT2D eigenvalue weighted by Gasteiger charge is -2.34. The summed E-state index contributed by atoms with van der Waals surface area (Å²) >= 11 is 0. The number of aliphatic hydroxyl groups is 2. The molecular formula is C35H39F3N8O10. The number of aromatic amines is 1. The third-order valence-electron chi connectivity index (χ3n) is 9.52. The van der Waals surface area contributed by atoms with Crippen LogP contribution in [0.5, 0.6) is 11.5 Å². The third-order valence-corrected chi connectivity index (χ3v) is 9.52. The van der Waals surface area contributed by atoms with Crippen molar-refractivity contribution in [2.24, 2.45) is 0 Å². The van der Waals surface area contributed by atoms with E-state index < -0.39 is 54.3 Å². The van der Waals surface area contributed by atoms with Crippen molar-refractivity contribution in [3.8, 4) is 28.6 Å². The zero-order chi connectivity index (χ0) is 40.5. The number of benzene rings is 2. The number of ether oxygens (including phenoxy) is 2. The summed E-state index contributed by atoms with van der Waals surface area (Å²) < 4.78 is 55.7. The molecule has 2 aliphatic heterocycles. The molecule has 0 spiro atoms. The minimum Gasteiger partial charge on any atom is -0.508 e. The number of halogens is 3. The first-order valence-corrected chi connectivity index (χ1v) is 17.5. The monoisotopic (exact) mass is 788 g/mol. The lowest BCUT2D eigenvalue weighted by molar-refractivity contribution is -0.140. The summed E-state index contributed by atoms with van der Waals surface area (Å²) in [6.07, 6.45) is -6.57. The Morgan fingerprint density at radius 1 is 1.09 bits per heavy atom. The van der Waals surface area contributed by atoms with Gasteiger partial charge < -0.3 is 34.8 Å². The number of rotatable bonds is 11. The van der Waals surface area contributed by atoms with Gasteiger partial charge in [0.15, 0.2) is 11.9 Å². The van der Waals surface area contributed by atoms with Gasteiger partial charge >= 0.3 is 23.4 Å². The van der Waals surface area contributed by atoms with E-state index in [9.17, 15) is 43.3 Å². The van der Waals surface area contributed by atoms with Crippen LogP contribution in [-0.4, -0.2) is 124 Å². The number of H-pyrrole nitrogens is 1. The van der Waals surface area contributed by atoms with Crippen molar-refractivity contribution in [3.63, 3.8) is 0 Å². The Bertz CT molecular complexity index is 2220. The molecule has 0 saturated carbocycles. The van der Waals surface area contributed by atoms with E-state index in [1.165, 1.54) is 18.2 Å². The number of hydrogen-bond donors (Lipinski definition) is 6. The molecule has 2 saturated heterocycles. The van der Waals surface area contributed by atoms with Gasteiger partial charge in [-0.3, -0.25) is 19.6 Å². The van der Waals surface area contributed by atoms with Crippen LogP contribution in [0.15, 0.2) is 52.2 Å². The number of phenols is 2. The number of carbonyl (C=O) groups is 2. The number of aromatic nitrogens is 5. The largest absolute Gasteiger partial charge is 0.508 e. The van der Waals surface area contributed by atoms with Crippen LogP contribution in [0.1, 0.15) is 43.5 Å². The molecule has 2 aromatic heterocycles. The fourth-order valence-corrected chi connectivity index (χ4v) is 6.46. The molecule has 3 atom stereocenters. The van der Waals surface area contributed by atoms with E-state index in [4.69, 9.17) is 14.6 Å². The molecule has 0 aliphatic carbocycles.